The van der Waals surface area contributed by atoms with E-state index in [4.69, 9.17) is 17.0 Å². The number of nitrogens with one attached hydrogen (secondary N) is 1. The third-order valence-corrected chi connectivity index (χ3v) is 6.23. The topological polar surface area (TPSA) is 44.8 Å². The largest absolute Gasteiger partial charge is 0.322 e. The summed E-state index contributed by atoms with van der Waals surface area (Å²) < 4.78 is 1.83. The molecule has 0 unspecified atom stereocenters. The Hall–Kier alpha value is -4.56. The Morgan fingerprint density at radius 2 is 1.06 bits per heavy atom. The third kappa shape index (κ3) is 4.67. The van der Waals surface area contributed by atoms with Crippen LogP contribution in [-0.4, -0.2) is 11.7 Å². The van der Waals surface area contributed by atoms with Crippen molar-refractivity contribution in [3.63, 3.8) is 0 Å². The molecular formula is C32H22ClN2O+. The summed E-state index contributed by atoms with van der Waals surface area (Å²) in [5, 5.41) is 8.74. The lowest BCUT2D eigenvalue weighted by Gasteiger charge is -2.13. The lowest BCUT2D eigenvalue weighted by Crippen LogP contribution is -2.41. The molecular weight excluding hydrogens is 464 g/mol. The second-order valence-electron chi connectivity index (χ2n) is 8.26. The van der Waals surface area contributed by atoms with Gasteiger partial charge in [-0.25, -0.2) is 0 Å². The van der Waals surface area contributed by atoms with Gasteiger partial charge in [0.15, 0.2) is 0 Å². The molecule has 1 aromatic heterocycles. The van der Waals surface area contributed by atoms with Crippen LogP contribution in [-0.2, 0) is 0 Å². The zero-order valence-electron chi connectivity index (χ0n) is 19.4. The first kappa shape index (κ1) is 23.2. The summed E-state index contributed by atoms with van der Waals surface area (Å²) in [7, 11) is 0. The van der Waals surface area contributed by atoms with Crippen LogP contribution in [0.1, 0.15) is 10.4 Å². The number of carbonyl (C=O) groups excluding carboxylic acids is 1. The third-order valence-electron chi connectivity index (χ3n) is 5.98. The first-order valence-electron chi connectivity index (χ1n) is 11.5. The second-order valence-corrected chi connectivity index (χ2v) is 8.69. The number of nitrogens with zero attached hydrogens (tertiary/aromatic N) is 1. The summed E-state index contributed by atoms with van der Waals surface area (Å²) in [5.74, 6) is 2.15. The first-order valence-corrected chi connectivity index (χ1v) is 11.9. The summed E-state index contributed by atoms with van der Waals surface area (Å²) in [5.41, 5.74) is 6.03. The molecule has 1 N–H and O–H groups in total. The van der Waals surface area contributed by atoms with Gasteiger partial charge in [-0.15, -0.1) is 4.57 Å². The standard InChI is InChI=1S/C32H22ClN2O/c33-28-18-16-26(17-19-28)32(36)31(22-34)35-29(24-12-6-2-7-13-24)20-27(23-10-4-1-5-11-23)21-30(35)25-14-8-3-9-15-25/h1-21,34H/q+1. The first-order chi connectivity index (χ1) is 17.7. The second kappa shape index (κ2) is 10.4. The highest BCUT2D eigenvalue weighted by Gasteiger charge is 2.32. The molecule has 5 aromatic rings. The van der Waals surface area contributed by atoms with Gasteiger partial charge in [0.2, 0.25) is 11.4 Å². The molecule has 172 valence electrons. The fourth-order valence-corrected chi connectivity index (χ4v) is 4.35. The molecule has 0 saturated carbocycles. The highest BCUT2D eigenvalue weighted by Crippen LogP contribution is 2.30. The monoisotopic (exact) mass is 485 g/mol. The van der Waals surface area contributed by atoms with Crippen molar-refractivity contribution in [2.45, 2.75) is 0 Å². The van der Waals surface area contributed by atoms with Crippen LogP contribution in [0.5, 0.6) is 0 Å². The van der Waals surface area contributed by atoms with E-state index in [0.29, 0.717) is 10.6 Å². The minimum atomic E-state index is -0.312. The molecule has 0 aliphatic heterocycles. The molecule has 0 spiro atoms. The van der Waals surface area contributed by atoms with E-state index < -0.39 is 0 Å². The van der Waals surface area contributed by atoms with E-state index in [1.165, 1.54) is 0 Å². The maximum Gasteiger partial charge on any atom is 0.322 e. The molecule has 0 aliphatic rings. The molecule has 0 atom stereocenters. The fraction of sp³-hybridized carbons (Fsp3) is 0. The van der Waals surface area contributed by atoms with Crippen molar-refractivity contribution in [2.75, 3.05) is 0 Å². The van der Waals surface area contributed by atoms with Gasteiger partial charge in [-0.05, 0) is 59.7 Å². The molecule has 1 heterocycles. The lowest BCUT2D eigenvalue weighted by atomic mass is 9.98. The number of aromatic nitrogens is 1. The quantitative estimate of drug-likeness (QED) is 0.114. The minimum Gasteiger partial charge on any atom is -0.281 e. The zero-order valence-corrected chi connectivity index (χ0v) is 20.1. The van der Waals surface area contributed by atoms with Gasteiger partial charge in [0, 0.05) is 33.8 Å². The Morgan fingerprint density at radius 3 is 1.50 bits per heavy atom. The summed E-state index contributed by atoms with van der Waals surface area (Å²) in [4.78, 5) is 13.7. The Kier molecular flexibility index (Phi) is 6.68. The number of allylic oxidation sites excluding steroid dienone is 1. The van der Waals surface area contributed by atoms with Crippen molar-refractivity contribution >= 4 is 29.0 Å². The van der Waals surface area contributed by atoms with Gasteiger partial charge >= 0.3 is 5.70 Å². The van der Waals surface area contributed by atoms with Gasteiger partial charge in [0.05, 0.1) is 5.87 Å². The van der Waals surface area contributed by atoms with Crippen molar-refractivity contribution in [3.05, 3.63) is 138 Å². The number of hydrogen-bond acceptors (Lipinski definition) is 2. The smallest absolute Gasteiger partial charge is 0.281 e. The van der Waals surface area contributed by atoms with Crippen molar-refractivity contribution in [1.82, 2.24) is 0 Å². The molecule has 0 saturated heterocycles. The molecule has 0 fully saturated rings. The molecule has 0 aliphatic carbocycles. The average molecular weight is 486 g/mol. The molecule has 0 radical (unpaired) electrons. The van der Waals surface area contributed by atoms with Crippen molar-refractivity contribution in [1.29, 1.82) is 5.41 Å². The minimum absolute atomic E-state index is 0.120. The van der Waals surface area contributed by atoms with Gasteiger partial charge in [0.25, 0.3) is 5.78 Å². The maximum atomic E-state index is 13.7. The normalized spacial score (nSPS) is 10.5. The summed E-state index contributed by atoms with van der Waals surface area (Å²) >= 11 is 6.06. The van der Waals surface area contributed by atoms with Crippen LogP contribution in [0.2, 0.25) is 5.02 Å². The van der Waals surface area contributed by atoms with E-state index in [1.54, 1.807) is 24.3 Å². The number of hydrogen-bond donors (Lipinski definition) is 1. The van der Waals surface area contributed by atoms with Gasteiger partial charge in [-0.1, -0.05) is 78.3 Å². The highest BCUT2D eigenvalue weighted by molar-refractivity contribution is 6.31. The van der Waals surface area contributed by atoms with Crippen LogP contribution in [0, 0.1) is 5.41 Å². The predicted molar refractivity (Wildman–Crippen MR) is 146 cm³/mol. The van der Waals surface area contributed by atoms with Gasteiger partial charge in [-0.2, -0.15) is 0 Å². The lowest BCUT2D eigenvalue weighted by molar-refractivity contribution is -0.551. The number of Topliss-reactive ketones (excluding diaryl/α,β-unsaturated/α-hetero) is 1. The molecule has 3 nitrogen and oxygen atoms in total. The maximum absolute atomic E-state index is 13.7. The predicted octanol–water partition coefficient (Wildman–Crippen LogP) is 7.60. The van der Waals surface area contributed by atoms with Crippen LogP contribution in [0.3, 0.4) is 0 Å². The zero-order chi connectivity index (χ0) is 24.9. The number of ketones is 1. The molecule has 36 heavy (non-hydrogen) atoms. The van der Waals surface area contributed by atoms with Crippen LogP contribution >= 0.6 is 11.6 Å². The summed E-state index contributed by atoms with van der Waals surface area (Å²) in [6.07, 6.45) is 0. The van der Waals surface area contributed by atoms with Gasteiger partial charge in [-0.3, -0.25) is 10.2 Å². The molecule has 4 heteroatoms. The molecule has 0 bridgehead atoms. The van der Waals surface area contributed by atoms with E-state index in [1.807, 2.05) is 83.4 Å². The fourth-order valence-electron chi connectivity index (χ4n) is 4.23. The number of pyridine rings is 1. The molecule has 0 amide bonds. The van der Waals surface area contributed by atoms with Crippen LogP contribution in [0.4, 0.5) is 0 Å². The summed E-state index contributed by atoms with van der Waals surface area (Å²) in [6, 6.07) is 40.7. The number of carbonyl (C=O) groups is 1. The van der Waals surface area contributed by atoms with Crippen molar-refractivity contribution in [3.8, 4) is 33.6 Å². The molecule has 4 aromatic carbocycles. The Bertz CT molecular complexity index is 1510. The number of halogens is 1. The van der Waals surface area contributed by atoms with E-state index >= 15 is 0 Å². The Balaban J connectivity index is 1.84. The summed E-state index contributed by atoms with van der Waals surface area (Å²) in [6.45, 7) is 0. The van der Waals surface area contributed by atoms with Crippen molar-refractivity contribution < 1.29 is 9.36 Å². The van der Waals surface area contributed by atoms with E-state index in [-0.39, 0.29) is 11.5 Å². The van der Waals surface area contributed by atoms with Gasteiger partial charge < -0.3 is 0 Å². The Labute approximate surface area is 215 Å². The van der Waals surface area contributed by atoms with E-state index in [0.717, 1.165) is 33.6 Å². The number of rotatable bonds is 6. The SMILES string of the molecule is N=C=C(C(=O)c1ccc(Cl)cc1)[n+]1c(-c2ccccc2)cc(-c2ccccc2)cc1-c1ccccc1. The van der Waals surface area contributed by atoms with E-state index in [9.17, 15) is 4.79 Å². The average Bonchev–Trinajstić information content (AvgIpc) is 2.95. The van der Waals surface area contributed by atoms with E-state index in [2.05, 4.69) is 30.1 Å². The number of benzene rings is 4. The molecule has 5 rings (SSSR count). The Morgan fingerprint density at radius 1 is 0.611 bits per heavy atom. The highest BCUT2D eigenvalue weighted by atomic mass is 35.5. The van der Waals surface area contributed by atoms with Crippen LogP contribution < -0.4 is 4.57 Å². The van der Waals surface area contributed by atoms with Crippen LogP contribution in [0.15, 0.2) is 127 Å². The van der Waals surface area contributed by atoms with Crippen LogP contribution in [0.25, 0.3) is 39.3 Å². The van der Waals surface area contributed by atoms with Gasteiger partial charge in [0.1, 0.15) is 0 Å². The van der Waals surface area contributed by atoms with Crippen molar-refractivity contribution in [2.24, 2.45) is 0 Å².